The minimum absolute atomic E-state index is 0.648. The van der Waals surface area contributed by atoms with E-state index in [1.54, 1.807) is 0 Å². The molecule has 0 spiro atoms. The average molecular weight is 381 g/mol. The van der Waals surface area contributed by atoms with Crippen molar-refractivity contribution in [3.8, 4) is 0 Å². The van der Waals surface area contributed by atoms with Crippen molar-refractivity contribution in [3.63, 3.8) is 0 Å². The molecule has 1 nitrogen and oxygen atoms in total. The molecule has 0 amide bonds. The van der Waals surface area contributed by atoms with Gasteiger partial charge in [-0.15, -0.1) is 11.3 Å². The largest absolute Gasteiger partial charge is 0.309 e. The van der Waals surface area contributed by atoms with E-state index in [0.717, 1.165) is 12.5 Å². The van der Waals surface area contributed by atoms with Crippen LogP contribution >= 0.6 is 43.2 Å². The Hall–Kier alpha value is 0.620. The van der Waals surface area contributed by atoms with Crippen LogP contribution in [0.2, 0.25) is 0 Å². The molecule has 1 N–H and O–H groups in total. The average Bonchev–Trinajstić information content (AvgIpc) is 2.67. The molecular formula is C13H19Br2NS. The zero-order valence-corrected chi connectivity index (χ0v) is 14.1. The van der Waals surface area contributed by atoms with Crippen LogP contribution in [-0.2, 0) is 6.54 Å². The lowest BCUT2D eigenvalue weighted by molar-refractivity contribution is 0.281. The van der Waals surface area contributed by atoms with Crippen molar-refractivity contribution in [1.82, 2.24) is 5.32 Å². The topological polar surface area (TPSA) is 12.0 Å². The molecule has 17 heavy (non-hydrogen) atoms. The molecule has 0 bridgehead atoms. The summed E-state index contributed by atoms with van der Waals surface area (Å²) < 4.78 is 2.37. The van der Waals surface area contributed by atoms with Crippen LogP contribution < -0.4 is 5.32 Å². The summed E-state index contributed by atoms with van der Waals surface area (Å²) in [5.74, 6) is 0.885. The summed E-state index contributed by atoms with van der Waals surface area (Å²) in [5, 5.41) is 3.68. The molecule has 0 unspecified atom stereocenters. The molecule has 2 rings (SSSR count). The lowest BCUT2D eigenvalue weighted by Crippen LogP contribution is -2.33. The van der Waals surface area contributed by atoms with Gasteiger partial charge in [-0.05, 0) is 63.6 Å². The number of nitrogens with one attached hydrogen (secondary N) is 1. The van der Waals surface area contributed by atoms with E-state index >= 15 is 0 Å². The Kier molecular flexibility index (Phi) is 5.52. The van der Waals surface area contributed by atoms with Crippen molar-refractivity contribution in [1.29, 1.82) is 0 Å². The van der Waals surface area contributed by atoms with E-state index in [1.807, 2.05) is 11.3 Å². The molecule has 0 radical (unpaired) electrons. The Morgan fingerprint density at radius 3 is 2.65 bits per heavy atom. The Labute approximate surface area is 125 Å². The van der Waals surface area contributed by atoms with E-state index in [4.69, 9.17) is 0 Å². The van der Waals surface area contributed by atoms with Crippen molar-refractivity contribution in [2.24, 2.45) is 5.92 Å². The van der Waals surface area contributed by atoms with Crippen molar-refractivity contribution in [3.05, 3.63) is 19.2 Å². The van der Waals surface area contributed by atoms with Gasteiger partial charge in [0.25, 0.3) is 0 Å². The number of rotatable bonds is 4. The highest BCUT2D eigenvalue weighted by molar-refractivity contribution is 9.13. The smallest absolute Gasteiger partial charge is 0.0843 e. The third-order valence-electron chi connectivity index (χ3n) is 3.65. The summed E-state index contributed by atoms with van der Waals surface area (Å²) in [7, 11) is 0. The van der Waals surface area contributed by atoms with Gasteiger partial charge in [-0.25, -0.2) is 0 Å². The summed E-state index contributed by atoms with van der Waals surface area (Å²) >= 11 is 8.89. The molecule has 1 saturated carbocycles. The molecule has 1 fully saturated rings. The van der Waals surface area contributed by atoms with Gasteiger partial charge in [-0.2, -0.15) is 0 Å². The number of hydrogen-bond acceptors (Lipinski definition) is 2. The fourth-order valence-electron chi connectivity index (χ4n) is 2.54. The maximum Gasteiger partial charge on any atom is 0.0843 e. The van der Waals surface area contributed by atoms with Crippen LogP contribution in [0.4, 0.5) is 0 Å². The van der Waals surface area contributed by atoms with Gasteiger partial charge in [0.1, 0.15) is 0 Å². The van der Waals surface area contributed by atoms with Crippen LogP contribution in [0.1, 0.15) is 43.9 Å². The Morgan fingerprint density at radius 2 is 2.06 bits per heavy atom. The fourth-order valence-corrected chi connectivity index (χ4v) is 4.67. The highest BCUT2D eigenvalue weighted by Crippen LogP contribution is 2.32. The number of hydrogen-bond donors (Lipinski definition) is 1. The molecule has 1 aromatic rings. The first-order valence-corrected chi connectivity index (χ1v) is 8.74. The zero-order chi connectivity index (χ0) is 12.3. The molecule has 1 aliphatic carbocycles. The van der Waals surface area contributed by atoms with Crippen LogP contribution in [0.5, 0.6) is 0 Å². The highest BCUT2D eigenvalue weighted by atomic mass is 79.9. The van der Waals surface area contributed by atoms with Crippen LogP contribution in [0.25, 0.3) is 0 Å². The van der Waals surface area contributed by atoms with Gasteiger partial charge < -0.3 is 5.32 Å². The minimum Gasteiger partial charge on any atom is -0.309 e. The van der Waals surface area contributed by atoms with Gasteiger partial charge in [-0.1, -0.05) is 19.3 Å². The Balaban J connectivity index is 1.80. The zero-order valence-electron chi connectivity index (χ0n) is 10.1. The van der Waals surface area contributed by atoms with E-state index < -0.39 is 0 Å². The molecule has 96 valence electrons. The standard InChI is InChI=1S/C13H19Br2NS/c1-9(10-5-3-2-4-6-10)16-8-11-7-12(14)13(15)17-11/h7,9-10,16H,2-6,8H2,1H3/t9-/m0/s1. The lowest BCUT2D eigenvalue weighted by Gasteiger charge is -2.28. The van der Waals surface area contributed by atoms with Gasteiger partial charge in [0, 0.05) is 21.9 Å². The minimum atomic E-state index is 0.648. The Morgan fingerprint density at radius 1 is 1.35 bits per heavy atom. The summed E-state index contributed by atoms with van der Waals surface area (Å²) in [6, 6.07) is 2.85. The van der Waals surface area contributed by atoms with Crippen molar-refractivity contribution >= 4 is 43.2 Å². The summed E-state index contributed by atoms with van der Waals surface area (Å²) in [4.78, 5) is 1.39. The molecule has 0 aliphatic heterocycles. The van der Waals surface area contributed by atoms with Gasteiger partial charge in [0.15, 0.2) is 0 Å². The van der Waals surface area contributed by atoms with Crippen molar-refractivity contribution in [2.45, 2.75) is 51.6 Å². The molecule has 4 heteroatoms. The number of halogens is 2. The maximum atomic E-state index is 3.68. The molecule has 1 aromatic heterocycles. The fraction of sp³-hybridized carbons (Fsp3) is 0.692. The highest BCUT2D eigenvalue weighted by Gasteiger charge is 2.19. The van der Waals surface area contributed by atoms with E-state index in [2.05, 4.69) is 50.2 Å². The first-order chi connectivity index (χ1) is 8.16. The van der Waals surface area contributed by atoms with E-state index in [-0.39, 0.29) is 0 Å². The van der Waals surface area contributed by atoms with Gasteiger partial charge in [0.2, 0.25) is 0 Å². The number of thiophene rings is 1. The summed E-state index contributed by atoms with van der Waals surface area (Å²) in [6.07, 6.45) is 7.10. The monoisotopic (exact) mass is 379 g/mol. The van der Waals surface area contributed by atoms with Crippen LogP contribution in [0.3, 0.4) is 0 Å². The lowest BCUT2D eigenvalue weighted by atomic mass is 9.84. The molecule has 0 saturated heterocycles. The maximum absolute atomic E-state index is 3.68. The van der Waals surface area contributed by atoms with Gasteiger partial charge in [-0.3, -0.25) is 0 Å². The van der Waals surface area contributed by atoms with Crippen molar-refractivity contribution in [2.75, 3.05) is 0 Å². The Bertz CT molecular complexity index is 339. The summed E-state index contributed by atoms with van der Waals surface area (Å²) in [5.41, 5.74) is 0. The first kappa shape index (κ1) is 14.0. The van der Waals surface area contributed by atoms with Crippen molar-refractivity contribution < 1.29 is 0 Å². The van der Waals surface area contributed by atoms with Crippen LogP contribution in [0, 0.1) is 5.92 Å². The first-order valence-electron chi connectivity index (χ1n) is 6.34. The van der Waals surface area contributed by atoms with E-state index in [0.29, 0.717) is 6.04 Å². The van der Waals surface area contributed by atoms with E-state index in [9.17, 15) is 0 Å². The predicted octanol–water partition coefficient (Wildman–Crippen LogP) is 5.33. The second-order valence-corrected chi connectivity index (χ2v) is 8.21. The summed E-state index contributed by atoms with van der Waals surface area (Å²) in [6.45, 7) is 3.33. The molecule has 1 heterocycles. The van der Waals surface area contributed by atoms with Crippen LogP contribution in [0.15, 0.2) is 14.3 Å². The molecule has 0 aromatic carbocycles. The molecule has 1 atom stereocenters. The predicted molar refractivity (Wildman–Crippen MR) is 82.6 cm³/mol. The van der Waals surface area contributed by atoms with Crippen LogP contribution in [-0.4, -0.2) is 6.04 Å². The second kappa shape index (κ2) is 6.69. The quantitative estimate of drug-likeness (QED) is 0.743. The molecule has 1 aliphatic rings. The van der Waals surface area contributed by atoms with Gasteiger partial charge >= 0.3 is 0 Å². The third-order valence-corrected chi connectivity index (χ3v) is 6.91. The van der Waals surface area contributed by atoms with E-state index in [1.165, 1.54) is 45.2 Å². The molecular weight excluding hydrogens is 362 g/mol. The second-order valence-electron chi connectivity index (χ2n) is 4.90. The third kappa shape index (κ3) is 4.05. The SMILES string of the molecule is C[C@H](NCc1cc(Br)c(Br)s1)C1CCCCC1. The van der Waals surface area contributed by atoms with Gasteiger partial charge in [0.05, 0.1) is 3.79 Å². The normalized spacial score (nSPS) is 19.5.